The Hall–Kier alpha value is -6.75. The molecule has 0 aliphatic rings. The Morgan fingerprint density at radius 1 is 0.264 bits per heavy atom. The van der Waals surface area contributed by atoms with Gasteiger partial charge in [0, 0.05) is 36.9 Å². The number of hydrogen-bond donors (Lipinski definition) is 0. The Labute approximate surface area is 311 Å². The highest BCUT2D eigenvalue weighted by atomic mass is 32.1. The maximum Gasteiger partial charge on any atom is 0.164 e. The minimum Gasteiger partial charge on any atom is -0.208 e. The van der Waals surface area contributed by atoms with Crippen molar-refractivity contribution in [1.82, 2.24) is 15.0 Å². The molecule has 0 aliphatic heterocycles. The van der Waals surface area contributed by atoms with Gasteiger partial charge in [0.25, 0.3) is 0 Å². The molecule has 53 heavy (non-hydrogen) atoms. The molecular formula is C49H31N3S. The van der Waals surface area contributed by atoms with Crippen LogP contribution in [-0.4, -0.2) is 15.0 Å². The third-order valence-corrected chi connectivity index (χ3v) is 11.0. The molecule has 0 bridgehead atoms. The molecule has 0 N–H and O–H groups in total. The van der Waals surface area contributed by atoms with Gasteiger partial charge in [-0.25, -0.2) is 15.0 Å². The van der Waals surface area contributed by atoms with Gasteiger partial charge in [0.15, 0.2) is 17.5 Å². The Morgan fingerprint density at radius 2 is 0.679 bits per heavy atom. The fourth-order valence-corrected chi connectivity index (χ4v) is 8.32. The monoisotopic (exact) mass is 693 g/mol. The van der Waals surface area contributed by atoms with Crippen molar-refractivity contribution < 1.29 is 0 Å². The molecule has 0 amide bonds. The first kappa shape index (κ1) is 31.0. The van der Waals surface area contributed by atoms with Crippen LogP contribution in [0.2, 0.25) is 0 Å². The van der Waals surface area contributed by atoms with E-state index in [1.165, 1.54) is 42.2 Å². The van der Waals surface area contributed by atoms with E-state index >= 15 is 0 Å². The summed E-state index contributed by atoms with van der Waals surface area (Å²) in [5, 5.41) is 4.90. The quantitative estimate of drug-likeness (QED) is 0.174. The van der Waals surface area contributed by atoms with E-state index in [1.807, 2.05) is 23.5 Å². The van der Waals surface area contributed by atoms with E-state index in [0.29, 0.717) is 17.5 Å². The molecule has 8 aromatic carbocycles. The zero-order valence-electron chi connectivity index (χ0n) is 28.6. The van der Waals surface area contributed by atoms with Crippen LogP contribution in [0.1, 0.15) is 0 Å². The average molecular weight is 694 g/mol. The van der Waals surface area contributed by atoms with Gasteiger partial charge in [-0.2, -0.15) is 0 Å². The number of benzene rings is 8. The largest absolute Gasteiger partial charge is 0.208 e. The van der Waals surface area contributed by atoms with Crippen molar-refractivity contribution in [3.8, 4) is 67.5 Å². The van der Waals surface area contributed by atoms with Crippen LogP contribution in [0.3, 0.4) is 0 Å². The second kappa shape index (κ2) is 13.1. The molecule has 0 saturated heterocycles. The van der Waals surface area contributed by atoms with Gasteiger partial charge in [0.2, 0.25) is 0 Å². The molecule has 248 valence electrons. The third-order valence-electron chi connectivity index (χ3n) is 9.90. The average Bonchev–Trinajstić information content (AvgIpc) is 3.62. The zero-order valence-corrected chi connectivity index (χ0v) is 29.5. The highest BCUT2D eigenvalue weighted by Crippen LogP contribution is 2.37. The minimum atomic E-state index is 0.638. The second-order valence-electron chi connectivity index (χ2n) is 13.3. The summed E-state index contributed by atoms with van der Waals surface area (Å²) in [6, 6.07) is 66.4. The highest BCUT2D eigenvalue weighted by Gasteiger charge is 2.15. The fraction of sp³-hybridized carbons (Fsp3) is 0. The topological polar surface area (TPSA) is 38.7 Å². The van der Waals surface area contributed by atoms with Crippen molar-refractivity contribution in [2.24, 2.45) is 0 Å². The molecule has 4 heteroatoms. The summed E-state index contributed by atoms with van der Waals surface area (Å²) in [5.74, 6) is 1.92. The molecule has 3 nitrogen and oxygen atoms in total. The van der Waals surface area contributed by atoms with Crippen molar-refractivity contribution in [3.05, 3.63) is 188 Å². The van der Waals surface area contributed by atoms with Gasteiger partial charge in [-0.1, -0.05) is 152 Å². The maximum atomic E-state index is 5.15. The number of hydrogen-bond acceptors (Lipinski definition) is 4. The van der Waals surface area contributed by atoms with Crippen LogP contribution >= 0.6 is 11.3 Å². The Kier molecular flexibility index (Phi) is 7.67. The molecule has 0 spiro atoms. The normalized spacial score (nSPS) is 11.4. The first-order valence-electron chi connectivity index (χ1n) is 17.8. The lowest BCUT2D eigenvalue weighted by Gasteiger charge is -2.11. The van der Waals surface area contributed by atoms with Crippen molar-refractivity contribution in [2.75, 3.05) is 0 Å². The van der Waals surface area contributed by atoms with Crippen LogP contribution in [0, 0.1) is 0 Å². The Bertz CT molecular complexity index is 2950. The third kappa shape index (κ3) is 5.95. The Balaban J connectivity index is 1.09. The number of nitrogens with zero attached hydrogens (tertiary/aromatic N) is 3. The van der Waals surface area contributed by atoms with Gasteiger partial charge in [-0.15, -0.1) is 11.3 Å². The summed E-state index contributed by atoms with van der Waals surface area (Å²) in [5.41, 5.74) is 9.78. The molecule has 0 fully saturated rings. The van der Waals surface area contributed by atoms with E-state index in [4.69, 9.17) is 15.0 Å². The standard InChI is InChI=1S/C49H31N3S/c1-3-11-32(12-4-1)34-15-9-17-40(28-34)47-50-48(41-18-10-16-35(29-41)39-25-26-44-43-19-7-8-20-45(43)53-46(44)31-39)52-49(51-47)42-24-23-37-27-36(21-22-38(37)30-42)33-13-5-2-6-14-33/h1-31H. The SMILES string of the molecule is c1ccc(-c2cccc(-c3nc(-c4cccc(-c5ccc6c(c5)sc5ccccc56)c4)nc(-c4ccc5cc(-c6ccccc6)ccc5c4)n3)c2)cc1. The van der Waals surface area contributed by atoms with E-state index < -0.39 is 0 Å². The molecule has 0 saturated carbocycles. The predicted molar refractivity (Wildman–Crippen MR) is 223 cm³/mol. The highest BCUT2D eigenvalue weighted by molar-refractivity contribution is 7.25. The van der Waals surface area contributed by atoms with Crippen LogP contribution in [-0.2, 0) is 0 Å². The summed E-state index contributed by atoms with van der Waals surface area (Å²) in [4.78, 5) is 15.4. The van der Waals surface area contributed by atoms with E-state index in [-0.39, 0.29) is 0 Å². The van der Waals surface area contributed by atoms with Crippen LogP contribution in [0.5, 0.6) is 0 Å². The summed E-state index contributed by atoms with van der Waals surface area (Å²) in [6.45, 7) is 0. The molecule has 0 unspecified atom stereocenters. The number of fused-ring (bicyclic) bond motifs is 4. The molecule has 10 rings (SSSR count). The van der Waals surface area contributed by atoms with Gasteiger partial charge < -0.3 is 0 Å². The zero-order chi connectivity index (χ0) is 35.1. The maximum absolute atomic E-state index is 5.15. The van der Waals surface area contributed by atoms with Gasteiger partial charge in [-0.05, 0) is 80.6 Å². The molecule has 2 aromatic heterocycles. The van der Waals surface area contributed by atoms with Crippen molar-refractivity contribution >= 4 is 42.3 Å². The molecule has 0 atom stereocenters. The molecule has 10 aromatic rings. The lowest BCUT2D eigenvalue weighted by molar-refractivity contribution is 1.07. The van der Waals surface area contributed by atoms with Crippen LogP contribution in [0.15, 0.2) is 188 Å². The molecule has 0 aliphatic carbocycles. The number of thiophene rings is 1. The van der Waals surface area contributed by atoms with E-state index in [2.05, 4.69) is 176 Å². The first-order valence-corrected chi connectivity index (χ1v) is 18.6. The molecule has 2 heterocycles. The Morgan fingerprint density at radius 3 is 1.32 bits per heavy atom. The van der Waals surface area contributed by atoms with E-state index in [9.17, 15) is 0 Å². The summed E-state index contributed by atoms with van der Waals surface area (Å²) < 4.78 is 2.59. The van der Waals surface area contributed by atoms with Crippen LogP contribution in [0.4, 0.5) is 0 Å². The van der Waals surface area contributed by atoms with Gasteiger partial charge in [0.1, 0.15) is 0 Å². The van der Waals surface area contributed by atoms with Crippen molar-refractivity contribution in [1.29, 1.82) is 0 Å². The van der Waals surface area contributed by atoms with Gasteiger partial charge in [-0.3, -0.25) is 0 Å². The van der Waals surface area contributed by atoms with Crippen molar-refractivity contribution in [3.63, 3.8) is 0 Å². The lowest BCUT2D eigenvalue weighted by atomic mass is 9.99. The number of aromatic nitrogens is 3. The predicted octanol–water partition coefficient (Wildman–Crippen LogP) is 13.4. The van der Waals surface area contributed by atoms with E-state index in [1.54, 1.807) is 0 Å². The van der Waals surface area contributed by atoms with Crippen molar-refractivity contribution in [2.45, 2.75) is 0 Å². The molecular weight excluding hydrogens is 663 g/mol. The lowest BCUT2D eigenvalue weighted by Crippen LogP contribution is -2.00. The minimum absolute atomic E-state index is 0.638. The first-order chi connectivity index (χ1) is 26.2. The van der Waals surface area contributed by atoms with Crippen LogP contribution < -0.4 is 0 Å². The van der Waals surface area contributed by atoms with Crippen LogP contribution in [0.25, 0.3) is 98.5 Å². The smallest absolute Gasteiger partial charge is 0.164 e. The summed E-state index contributed by atoms with van der Waals surface area (Å²) in [7, 11) is 0. The van der Waals surface area contributed by atoms with Gasteiger partial charge in [0.05, 0.1) is 0 Å². The molecule has 0 radical (unpaired) electrons. The number of rotatable bonds is 6. The summed E-state index contributed by atoms with van der Waals surface area (Å²) in [6.07, 6.45) is 0. The second-order valence-corrected chi connectivity index (χ2v) is 14.4. The van der Waals surface area contributed by atoms with E-state index in [0.717, 1.165) is 38.8 Å². The summed E-state index contributed by atoms with van der Waals surface area (Å²) >= 11 is 1.84. The van der Waals surface area contributed by atoms with Gasteiger partial charge >= 0.3 is 0 Å². The fourth-order valence-electron chi connectivity index (χ4n) is 7.17.